The Morgan fingerprint density at radius 2 is 1.74 bits per heavy atom. The number of carbonyl (C=O) groups is 1. The van der Waals surface area contributed by atoms with Crippen LogP contribution in [0.15, 0.2) is 66.9 Å². The van der Waals surface area contributed by atoms with Crippen LogP contribution in [0.2, 0.25) is 0 Å². The van der Waals surface area contributed by atoms with E-state index < -0.39 is 0 Å². The first-order valence-corrected chi connectivity index (χ1v) is 9.27. The van der Waals surface area contributed by atoms with Crippen LogP contribution < -0.4 is 5.32 Å². The second kappa shape index (κ2) is 8.64. The van der Waals surface area contributed by atoms with E-state index in [2.05, 4.69) is 23.6 Å². The summed E-state index contributed by atoms with van der Waals surface area (Å²) in [5.41, 5.74) is 4.11. The van der Waals surface area contributed by atoms with Crippen LogP contribution in [0.5, 0.6) is 0 Å². The molecule has 140 valence electrons. The molecule has 0 fully saturated rings. The van der Waals surface area contributed by atoms with Crippen molar-refractivity contribution in [2.24, 2.45) is 0 Å². The fraction of sp³-hybridized carbons (Fsp3) is 0.273. The monoisotopic (exact) mass is 362 g/mol. The van der Waals surface area contributed by atoms with Crippen LogP contribution in [0, 0.1) is 0 Å². The maximum Gasteiger partial charge on any atom is 0.237 e. The molecule has 1 aromatic heterocycles. The van der Waals surface area contributed by atoms with Gasteiger partial charge in [-0.3, -0.25) is 9.69 Å². The van der Waals surface area contributed by atoms with Crippen LogP contribution in [0.1, 0.15) is 19.4 Å². The summed E-state index contributed by atoms with van der Waals surface area (Å²) in [6.07, 6.45) is 2.05. The zero-order valence-electron chi connectivity index (χ0n) is 16.1. The summed E-state index contributed by atoms with van der Waals surface area (Å²) in [6, 6.07) is 20.0. The number of benzene rings is 2. The van der Waals surface area contributed by atoms with Crippen molar-refractivity contribution in [1.82, 2.24) is 20.0 Å². The largest absolute Gasteiger partial charge is 0.355 e. The molecule has 0 saturated carbocycles. The summed E-state index contributed by atoms with van der Waals surface area (Å²) < 4.78 is 1.91. The fourth-order valence-corrected chi connectivity index (χ4v) is 3.01. The third kappa shape index (κ3) is 4.44. The van der Waals surface area contributed by atoms with Gasteiger partial charge < -0.3 is 5.32 Å². The highest BCUT2D eigenvalue weighted by Crippen LogP contribution is 2.25. The first kappa shape index (κ1) is 18.9. The van der Waals surface area contributed by atoms with Gasteiger partial charge in [0, 0.05) is 30.4 Å². The standard InChI is InChI=1S/C22H26N4O/c1-4-23-22(27)17(2)25(3)15-19-16-26(20-13-9-6-10-14-20)24-21(19)18-11-7-5-8-12-18/h5-14,16-17H,4,15H2,1-3H3,(H,23,27)/t17-/m0/s1. The van der Waals surface area contributed by atoms with Gasteiger partial charge in [-0.15, -0.1) is 0 Å². The maximum absolute atomic E-state index is 12.2. The molecule has 0 aliphatic heterocycles. The van der Waals surface area contributed by atoms with Crippen LogP contribution in [0.3, 0.4) is 0 Å². The van der Waals surface area contributed by atoms with Gasteiger partial charge in [-0.25, -0.2) is 4.68 Å². The molecule has 27 heavy (non-hydrogen) atoms. The molecule has 3 aromatic rings. The van der Waals surface area contributed by atoms with Gasteiger partial charge >= 0.3 is 0 Å². The van der Waals surface area contributed by atoms with Crippen molar-refractivity contribution in [2.45, 2.75) is 26.4 Å². The lowest BCUT2D eigenvalue weighted by Crippen LogP contribution is -2.42. The van der Waals surface area contributed by atoms with Gasteiger partial charge in [0.25, 0.3) is 0 Å². The van der Waals surface area contributed by atoms with E-state index in [-0.39, 0.29) is 11.9 Å². The van der Waals surface area contributed by atoms with Crippen LogP contribution >= 0.6 is 0 Å². The van der Waals surface area contributed by atoms with Gasteiger partial charge in [-0.2, -0.15) is 5.10 Å². The van der Waals surface area contributed by atoms with Crippen LogP contribution in [-0.2, 0) is 11.3 Å². The van der Waals surface area contributed by atoms with E-state index >= 15 is 0 Å². The van der Waals surface area contributed by atoms with E-state index in [1.807, 2.05) is 79.0 Å². The summed E-state index contributed by atoms with van der Waals surface area (Å²) in [4.78, 5) is 14.2. The topological polar surface area (TPSA) is 50.2 Å². The molecule has 3 rings (SSSR count). The lowest BCUT2D eigenvalue weighted by atomic mass is 10.1. The molecule has 0 unspecified atom stereocenters. The molecule has 5 nitrogen and oxygen atoms in total. The lowest BCUT2D eigenvalue weighted by molar-refractivity contribution is -0.125. The molecule has 1 amide bonds. The predicted molar refractivity (Wildman–Crippen MR) is 109 cm³/mol. The van der Waals surface area contributed by atoms with Gasteiger partial charge in [0.2, 0.25) is 5.91 Å². The summed E-state index contributed by atoms with van der Waals surface area (Å²) in [6.45, 7) is 5.13. The van der Waals surface area contributed by atoms with E-state index in [0.29, 0.717) is 13.1 Å². The first-order chi connectivity index (χ1) is 13.1. The van der Waals surface area contributed by atoms with Crippen molar-refractivity contribution in [1.29, 1.82) is 0 Å². The zero-order chi connectivity index (χ0) is 19.2. The Kier molecular flexibility index (Phi) is 6.04. The summed E-state index contributed by atoms with van der Waals surface area (Å²) >= 11 is 0. The van der Waals surface area contributed by atoms with Crippen molar-refractivity contribution in [3.05, 3.63) is 72.4 Å². The van der Waals surface area contributed by atoms with Crippen molar-refractivity contribution >= 4 is 5.91 Å². The quantitative estimate of drug-likeness (QED) is 0.700. The summed E-state index contributed by atoms with van der Waals surface area (Å²) in [5, 5.41) is 7.72. The molecule has 0 radical (unpaired) electrons. The molecular formula is C22H26N4O. The minimum atomic E-state index is -0.214. The predicted octanol–water partition coefficient (Wildman–Crippen LogP) is 3.50. The highest BCUT2D eigenvalue weighted by atomic mass is 16.2. The van der Waals surface area contributed by atoms with E-state index in [1.165, 1.54) is 0 Å². The van der Waals surface area contributed by atoms with Gasteiger partial charge in [0.1, 0.15) is 0 Å². The molecule has 1 N–H and O–H groups in total. The molecule has 5 heteroatoms. The number of nitrogens with one attached hydrogen (secondary N) is 1. The second-order valence-corrected chi connectivity index (χ2v) is 6.63. The summed E-state index contributed by atoms with van der Waals surface area (Å²) in [7, 11) is 1.97. The van der Waals surface area contributed by atoms with Gasteiger partial charge in [0.05, 0.1) is 17.4 Å². The molecular weight excluding hydrogens is 336 g/mol. The van der Waals surface area contributed by atoms with Crippen LogP contribution in [0.4, 0.5) is 0 Å². The maximum atomic E-state index is 12.2. The molecule has 0 aliphatic carbocycles. The van der Waals surface area contributed by atoms with Crippen molar-refractivity contribution < 1.29 is 4.79 Å². The van der Waals surface area contributed by atoms with Crippen molar-refractivity contribution in [3.63, 3.8) is 0 Å². The second-order valence-electron chi connectivity index (χ2n) is 6.63. The smallest absolute Gasteiger partial charge is 0.237 e. The molecule has 0 bridgehead atoms. The number of carbonyl (C=O) groups excluding carboxylic acids is 1. The molecule has 0 spiro atoms. The number of nitrogens with zero attached hydrogens (tertiary/aromatic N) is 3. The minimum Gasteiger partial charge on any atom is -0.355 e. The van der Waals surface area contributed by atoms with Gasteiger partial charge in [0.15, 0.2) is 0 Å². The normalized spacial score (nSPS) is 12.1. The van der Waals surface area contributed by atoms with E-state index in [1.54, 1.807) is 0 Å². The third-order valence-electron chi connectivity index (χ3n) is 4.67. The number of hydrogen-bond acceptors (Lipinski definition) is 3. The third-order valence-corrected chi connectivity index (χ3v) is 4.67. The van der Waals surface area contributed by atoms with E-state index in [0.717, 1.165) is 22.5 Å². The van der Waals surface area contributed by atoms with E-state index in [4.69, 9.17) is 5.10 Å². The Balaban J connectivity index is 1.93. The number of amides is 1. The highest BCUT2D eigenvalue weighted by Gasteiger charge is 2.20. The summed E-state index contributed by atoms with van der Waals surface area (Å²) in [5.74, 6) is 0.0386. The molecule has 0 aliphatic rings. The Labute approximate surface area is 160 Å². The van der Waals surface area contributed by atoms with Gasteiger partial charge in [-0.05, 0) is 33.0 Å². The zero-order valence-corrected chi connectivity index (χ0v) is 16.1. The van der Waals surface area contributed by atoms with Crippen molar-refractivity contribution in [2.75, 3.05) is 13.6 Å². The van der Waals surface area contributed by atoms with Gasteiger partial charge in [-0.1, -0.05) is 48.5 Å². The first-order valence-electron chi connectivity index (χ1n) is 9.27. The Morgan fingerprint density at radius 1 is 1.11 bits per heavy atom. The Hall–Kier alpha value is -2.92. The van der Waals surface area contributed by atoms with Crippen LogP contribution in [0.25, 0.3) is 16.9 Å². The number of rotatable bonds is 7. The average Bonchev–Trinajstić information content (AvgIpc) is 3.12. The minimum absolute atomic E-state index is 0.0386. The highest BCUT2D eigenvalue weighted by molar-refractivity contribution is 5.81. The SMILES string of the molecule is CCNC(=O)[C@H](C)N(C)Cc1cn(-c2ccccc2)nc1-c1ccccc1. The number of aromatic nitrogens is 2. The average molecular weight is 362 g/mol. The number of para-hydroxylation sites is 1. The number of hydrogen-bond donors (Lipinski definition) is 1. The molecule has 2 aromatic carbocycles. The Bertz CT molecular complexity index is 874. The van der Waals surface area contributed by atoms with Crippen molar-refractivity contribution in [3.8, 4) is 16.9 Å². The Morgan fingerprint density at radius 3 is 2.37 bits per heavy atom. The number of likely N-dealkylation sites (N-methyl/N-ethyl adjacent to an activating group) is 2. The molecule has 0 saturated heterocycles. The van der Waals surface area contributed by atoms with Crippen LogP contribution in [-0.4, -0.2) is 40.2 Å². The lowest BCUT2D eigenvalue weighted by Gasteiger charge is -2.23. The molecule has 1 atom stereocenters. The fourth-order valence-electron chi connectivity index (χ4n) is 3.01. The molecule has 1 heterocycles. The van der Waals surface area contributed by atoms with E-state index in [9.17, 15) is 4.79 Å².